The molecule has 152 valence electrons. The Labute approximate surface area is 174 Å². The van der Waals surface area contributed by atoms with Crippen LogP contribution in [0.5, 0.6) is 0 Å². The van der Waals surface area contributed by atoms with E-state index in [9.17, 15) is 9.59 Å². The van der Waals surface area contributed by atoms with Crippen LogP contribution in [0.15, 0.2) is 78.5 Å². The predicted molar refractivity (Wildman–Crippen MR) is 117 cm³/mol. The van der Waals surface area contributed by atoms with Gasteiger partial charge in [-0.25, -0.2) is 9.67 Å². The molecule has 2 N–H and O–H groups in total. The Hall–Kier alpha value is -4.00. The summed E-state index contributed by atoms with van der Waals surface area (Å²) in [6.07, 6.45) is 12.3. The molecule has 1 amide bonds. The maximum absolute atomic E-state index is 12.4. The van der Waals surface area contributed by atoms with E-state index in [-0.39, 0.29) is 11.5 Å². The first kappa shape index (κ1) is 20.7. The van der Waals surface area contributed by atoms with Crippen molar-refractivity contribution in [3.8, 4) is 5.95 Å². The number of carbonyl (C=O) groups is 1. The van der Waals surface area contributed by atoms with Crippen molar-refractivity contribution in [2.75, 3.05) is 0 Å². The lowest BCUT2D eigenvalue weighted by Crippen LogP contribution is -2.30. The van der Waals surface area contributed by atoms with Crippen molar-refractivity contribution >= 4 is 11.5 Å². The van der Waals surface area contributed by atoms with Crippen molar-refractivity contribution in [3.63, 3.8) is 0 Å². The fourth-order valence-electron chi connectivity index (χ4n) is 2.77. The lowest BCUT2D eigenvalue weighted by molar-refractivity contribution is 0.0949. The SMILES string of the molecule is C=C/C(=C\C=C/C)c1ccc(CNC(=O)c2cnc(-n3cc(C)cn3)[nH]c2=O)cc1. The average molecular weight is 401 g/mol. The van der Waals surface area contributed by atoms with Gasteiger partial charge in [0.25, 0.3) is 11.5 Å². The van der Waals surface area contributed by atoms with Crippen molar-refractivity contribution in [1.29, 1.82) is 0 Å². The third-order valence-electron chi connectivity index (χ3n) is 4.39. The van der Waals surface area contributed by atoms with Crippen LogP contribution in [-0.4, -0.2) is 25.7 Å². The van der Waals surface area contributed by atoms with E-state index in [1.54, 1.807) is 18.5 Å². The molecule has 1 aromatic carbocycles. The van der Waals surface area contributed by atoms with Gasteiger partial charge in [-0.05, 0) is 36.1 Å². The smallest absolute Gasteiger partial charge is 0.265 e. The highest BCUT2D eigenvalue weighted by Gasteiger charge is 2.12. The lowest BCUT2D eigenvalue weighted by Gasteiger charge is -2.07. The molecule has 7 nitrogen and oxygen atoms in total. The molecule has 0 unspecified atom stereocenters. The molecule has 7 heteroatoms. The maximum Gasteiger partial charge on any atom is 0.265 e. The summed E-state index contributed by atoms with van der Waals surface area (Å²) < 4.78 is 1.45. The van der Waals surface area contributed by atoms with E-state index in [1.807, 2.05) is 56.3 Å². The summed E-state index contributed by atoms with van der Waals surface area (Å²) in [7, 11) is 0. The van der Waals surface area contributed by atoms with Gasteiger partial charge in [0, 0.05) is 18.9 Å². The van der Waals surface area contributed by atoms with Gasteiger partial charge in [0.15, 0.2) is 0 Å². The molecule has 0 bridgehead atoms. The summed E-state index contributed by atoms with van der Waals surface area (Å²) in [5, 5.41) is 6.84. The summed E-state index contributed by atoms with van der Waals surface area (Å²) in [5.74, 6) is -0.236. The number of nitrogens with one attached hydrogen (secondary N) is 2. The van der Waals surface area contributed by atoms with Crippen LogP contribution in [0.2, 0.25) is 0 Å². The molecule has 30 heavy (non-hydrogen) atoms. The van der Waals surface area contributed by atoms with E-state index in [0.717, 1.165) is 22.3 Å². The van der Waals surface area contributed by atoms with Crippen LogP contribution in [0, 0.1) is 6.92 Å². The van der Waals surface area contributed by atoms with Crippen molar-refractivity contribution in [1.82, 2.24) is 25.1 Å². The molecule has 0 fully saturated rings. The van der Waals surface area contributed by atoms with Crippen LogP contribution in [-0.2, 0) is 6.54 Å². The molecule has 2 aromatic heterocycles. The van der Waals surface area contributed by atoms with Crippen molar-refractivity contribution < 1.29 is 4.79 Å². The largest absolute Gasteiger partial charge is 0.348 e. The van der Waals surface area contributed by atoms with Gasteiger partial charge in [0.05, 0.1) is 6.20 Å². The van der Waals surface area contributed by atoms with Crippen LogP contribution in [0.3, 0.4) is 0 Å². The molecule has 0 saturated heterocycles. The average Bonchev–Trinajstić information content (AvgIpc) is 3.19. The second-order valence-corrected chi connectivity index (χ2v) is 6.64. The van der Waals surface area contributed by atoms with Gasteiger partial charge in [-0.1, -0.05) is 55.1 Å². The fourth-order valence-corrected chi connectivity index (χ4v) is 2.77. The molecule has 0 radical (unpaired) electrons. The zero-order valence-electron chi connectivity index (χ0n) is 16.9. The molecule has 3 rings (SSSR count). The Bertz CT molecular complexity index is 1170. The lowest BCUT2D eigenvalue weighted by atomic mass is 10.0. The summed E-state index contributed by atoms with van der Waals surface area (Å²) in [6.45, 7) is 7.97. The highest BCUT2D eigenvalue weighted by atomic mass is 16.2. The number of aryl methyl sites for hydroxylation is 1. The molecule has 0 aliphatic rings. The molecule has 0 atom stereocenters. The maximum atomic E-state index is 12.4. The number of hydrogen-bond donors (Lipinski definition) is 2. The number of rotatable bonds is 7. The van der Waals surface area contributed by atoms with E-state index in [1.165, 1.54) is 10.9 Å². The van der Waals surface area contributed by atoms with Crippen molar-refractivity contribution in [3.05, 3.63) is 106 Å². The number of hydrogen-bond acceptors (Lipinski definition) is 4. The minimum absolute atomic E-state index is 0.0533. The third-order valence-corrected chi connectivity index (χ3v) is 4.39. The Kier molecular flexibility index (Phi) is 6.54. The zero-order chi connectivity index (χ0) is 21.5. The quantitative estimate of drug-likeness (QED) is 0.594. The number of benzene rings is 1. The molecule has 3 aromatic rings. The topological polar surface area (TPSA) is 92.7 Å². The molecule has 0 aliphatic heterocycles. The predicted octanol–water partition coefficient (Wildman–Crippen LogP) is 3.34. The van der Waals surface area contributed by atoms with Gasteiger partial charge in [-0.3, -0.25) is 14.6 Å². The number of nitrogens with zero attached hydrogens (tertiary/aromatic N) is 3. The first-order valence-corrected chi connectivity index (χ1v) is 9.45. The summed E-state index contributed by atoms with van der Waals surface area (Å²) in [4.78, 5) is 31.4. The third kappa shape index (κ3) is 4.88. The van der Waals surface area contributed by atoms with E-state index < -0.39 is 11.5 Å². The monoisotopic (exact) mass is 401 g/mol. The van der Waals surface area contributed by atoms with Gasteiger partial charge >= 0.3 is 0 Å². The summed E-state index contributed by atoms with van der Waals surface area (Å²) in [5.41, 5.74) is 3.31. The van der Waals surface area contributed by atoms with E-state index in [2.05, 4.69) is 27.0 Å². The summed E-state index contributed by atoms with van der Waals surface area (Å²) in [6, 6.07) is 7.78. The minimum Gasteiger partial charge on any atom is -0.348 e. The molecule has 0 aliphatic carbocycles. The van der Waals surface area contributed by atoms with Gasteiger partial charge in [0.1, 0.15) is 5.56 Å². The van der Waals surface area contributed by atoms with Crippen LogP contribution in [0.25, 0.3) is 11.5 Å². The molecule has 2 heterocycles. The Morgan fingerprint density at radius 2 is 2.03 bits per heavy atom. The highest BCUT2D eigenvalue weighted by Crippen LogP contribution is 2.16. The fraction of sp³-hybridized carbons (Fsp3) is 0.130. The van der Waals surface area contributed by atoms with Gasteiger partial charge < -0.3 is 5.32 Å². The number of aromatic amines is 1. The van der Waals surface area contributed by atoms with Crippen molar-refractivity contribution in [2.45, 2.75) is 20.4 Å². The molecule has 0 spiro atoms. The van der Waals surface area contributed by atoms with Crippen LogP contribution in [0.4, 0.5) is 0 Å². The molecule has 0 saturated carbocycles. The van der Waals surface area contributed by atoms with Crippen LogP contribution >= 0.6 is 0 Å². The standard InChI is InChI=1S/C23H23N5O2/c1-4-6-7-18(5-2)19-10-8-17(9-11-19)13-24-21(29)20-14-25-23(27-22(20)30)28-15-16(3)12-26-28/h4-12,14-15H,2,13H2,1,3H3,(H,24,29)(H,25,27,30)/b6-4-,18-7+. The minimum atomic E-state index is -0.522. The van der Waals surface area contributed by atoms with E-state index >= 15 is 0 Å². The number of amides is 1. The second-order valence-electron chi connectivity index (χ2n) is 6.64. The number of carbonyl (C=O) groups excluding carboxylic acids is 1. The Morgan fingerprint density at radius 1 is 1.27 bits per heavy atom. The van der Waals surface area contributed by atoms with Crippen molar-refractivity contribution in [2.24, 2.45) is 0 Å². The number of H-pyrrole nitrogens is 1. The zero-order valence-corrected chi connectivity index (χ0v) is 16.9. The normalized spacial score (nSPS) is 11.6. The Balaban J connectivity index is 1.67. The number of allylic oxidation sites excluding steroid dienone is 5. The van der Waals surface area contributed by atoms with Gasteiger partial charge in [-0.2, -0.15) is 5.10 Å². The van der Waals surface area contributed by atoms with Gasteiger partial charge in [0.2, 0.25) is 5.95 Å². The van der Waals surface area contributed by atoms with Gasteiger partial charge in [-0.15, -0.1) is 0 Å². The Morgan fingerprint density at radius 3 is 2.63 bits per heavy atom. The number of aromatic nitrogens is 4. The highest BCUT2D eigenvalue weighted by molar-refractivity contribution is 5.93. The van der Waals surface area contributed by atoms with Crippen LogP contribution in [0.1, 0.15) is 34.0 Å². The molecular formula is C23H23N5O2. The van der Waals surface area contributed by atoms with Crippen LogP contribution < -0.4 is 10.9 Å². The summed E-state index contributed by atoms with van der Waals surface area (Å²) >= 11 is 0. The molecular weight excluding hydrogens is 378 g/mol. The van der Waals surface area contributed by atoms with E-state index in [4.69, 9.17) is 0 Å². The first-order chi connectivity index (χ1) is 14.5. The first-order valence-electron chi connectivity index (χ1n) is 9.45. The second kappa shape index (κ2) is 9.47. The van der Waals surface area contributed by atoms with E-state index in [0.29, 0.717) is 6.54 Å².